The van der Waals surface area contributed by atoms with Crippen LogP contribution in [0.25, 0.3) is 27.7 Å². The summed E-state index contributed by atoms with van der Waals surface area (Å²) in [5.74, 6) is -1.29. The summed E-state index contributed by atoms with van der Waals surface area (Å²) in [7, 11) is 1.65. The van der Waals surface area contributed by atoms with Crippen LogP contribution in [-0.4, -0.2) is 41.1 Å². The van der Waals surface area contributed by atoms with Gasteiger partial charge in [0, 0.05) is 23.8 Å². The number of nitrogens with zero attached hydrogens (tertiary/aromatic N) is 6. The predicted octanol–water partition coefficient (Wildman–Crippen LogP) is 3.22. The number of aromatic nitrogens is 5. The third kappa shape index (κ3) is 2.45. The van der Waals surface area contributed by atoms with Crippen LogP contribution in [-0.2, 0) is 23.2 Å². The number of halogens is 2. The van der Waals surface area contributed by atoms with Crippen LogP contribution in [0.5, 0.6) is 0 Å². The number of rotatable bonds is 3. The Morgan fingerprint density at radius 3 is 2.59 bits per heavy atom. The molecule has 2 fully saturated rings. The molecule has 2 unspecified atom stereocenters. The first-order valence-electron chi connectivity index (χ1n) is 10.2. The highest BCUT2D eigenvalue weighted by Gasteiger charge is 2.72. The van der Waals surface area contributed by atoms with E-state index < -0.39 is 5.95 Å². The molecule has 10 heteroatoms. The lowest BCUT2D eigenvalue weighted by atomic mass is 10.1. The summed E-state index contributed by atoms with van der Waals surface area (Å²) in [6.45, 7) is 4.09. The largest absolute Gasteiger partial charge is 0.278 e. The maximum Gasteiger partial charge on any atom is 0.240 e. The van der Waals surface area contributed by atoms with E-state index in [2.05, 4.69) is 15.2 Å². The Labute approximate surface area is 186 Å². The van der Waals surface area contributed by atoms with Crippen molar-refractivity contribution < 1.29 is 14.0 Å². The minimum atomic E-state index is -0.611. The van der Waals surface area contributed by atoms with Crippen molar-refractivity contribution in [3.8, 4) is 11.3 Å². The second-order valence-electron chi connectivity index (χ2n) is 9.09. The Morgan fingerprint density at radius 2 is 1.88 bits per heavy atom. The highest BCUT2D eigenvalue weighted by molar-refractivity contribution is 6.32. The van der Waals surface area contributed by atoms with E-state index >= 15 is 0 Å². The SMILES string of the molecule is Cn1nc(F)c2cc(Cl)cc(-c3ncnn4cc(CN5C(=O)C6C(C5=O)C6(C)C)cc34)c21. The van der Waals surface area contributed by atoms with Gasteiger partial charge >= 0.3 is 0 Å². The van der Waals surface area contributed by atoms with E-state index in [9.17, 15) is 14.0 Å². The fourth-order valence-electron chi connectivity index (χ4n) is 5.14. The Morgan fingerprint density at radius 1 is 1.16 bits per heavy atom. The Bertz CT molecular complexity index is 1460. The van der Waals surface area contributed by atoms with Gasteiger partial charge in [-0.15, -0.1) is 5.10 Å². The summed E-state index contributed by atoms with van der Waals surface area (Å²) in [6, 6.07) is 5.08. The van der Waals surface area contributed by atoms with Gasteiger partial charge in [0.2, 0.25) is 17.8 Å². The molecular formula is C22H18ClFN6O2. The number of hydrogen-bond donors (Lipinski definition) is 0. The van der Waals surface area contributed by atoms with E-state index in [4.69, 9.17) is 11.6 Å². The number of amides is 2. The summed E-state index contributed by atoms with van der Waals surface area (Å²) in [4.78, 5) is 31.2. The zero-order valence-electron chi connectivity index (χ0n) is 17.5. The molecule has 1 aliphatic heterocycles. The second-order valence-corrected chi connectivity index (χ2v) is 9.53. The molecule has 0 spiro atoms. The van der Waals surface area contributed by atoms with Crippen molar-refractivity contribution in [1.82, 2.24) is 29.3 Å². The van der Waals surface area contributed by atoms with Crippen LogP contribution in [0.2, 0.25) is 5.02 Å². The molecule has 1 aliphatic carbocycles. The first kappa shape index (κ1) is 19.4. The molecule has 1 saturated heterocycles. The molecular weight excluding hydrogens is 435 g/mol. The highest BCUT2D eigenvalue weighted by atomic mass is 35.5. The first-order chi connectivity index (χ1) is 15.2. The van der Waals surface area contributed by atoms with Gasteiger partial charge in [0.05, 0.1) is 34.8 Å². The van der Waals surface area contributed by atoms with Crippen LogP contribution in [0.15, 0.2) is 30.7 Å². The van der Waals surface area contributed by atoms with E-state index in [1.807, 2.05) is 19.9 Å². The molecule has 162 valence electrons. The molecule has 6 rings (SSSR count). The maximum atomic E-state index is 14.3. The van der Waals surface area contributed by atoms with E-state index in [-0.39, 0.29) is 35.6 Å². The zero-order valence-corrected chi connectivity index (χ0v) is 18.3. The van der Waals surface area contributed by atoms with Gasteiger partial charge < -0.3 is 0 Å². The molecule has 0 bridgehead atoms. The van der Waals surface area contributed by atoms with Gasteiger partial charge in [0.15, 0.2) is 0 Å². The Balaban J connectivity index is 1.44. The average Bonchev–Trinajstić information content (AvgIpc) is 3.02. The number of likely N-dealkylation sites (tertiary alicyclic amines) is 1. The van der Waals surface area contributed by atoms with Crippen LogP contribution in [0, 0.1) is 23.2 Å². The van der Waals surface area contributed by atoms with Gasteiger partial charge in [-0.25, -0.2) is 9.50 Å². The lowest BCUT2D eigenvalue weighted by molar-refractivity contribution is -0.143. The maximum absolute atomic E-state index is 14.3. The molecule has 4 aromatic rings. The van der Waals surface area contributed by atoms with Crippen molar-refractivity contribution in [2.45, 2.75) is 20.4 Å². The van der Waals surface area contributed by atoms with Gasteiger partial charge in [-0.1, -0.05) is 25.4 Å². The summed E-state index contributed by atoms with van der Waals surface area (Å²) in [5, 5.41) is 8.79. The molecule has 1 aromatic carbocycles. The van der Waals surface area contributed by atoms with E-state index in [0.29, 0.717) is 32.7 Å². The van der Waals surface area contributed by atoms with Gasteiger partial charge in [-0.05, 0) is 29.2 Å². The molecule has 0 N–H and O–H groups in total. The number of piperidine rings is 1. The minimum Gasteiger partial charge on any atom is -0.278 e. The standard InChI is InChI=1S/C22H18ClFN6O2/c1-22(2)15-16(22)21(32)29(20(15)31)7-10-4-14-17(25-9-26-30(14)8-10)12-5-11(23)6-13-18(12)28(3)27-19(13)24/h4-6,8-9,15-16H,7H2,1-3H3. The molecule has 2 amide bonds. The number of benzene rings is 1. The normalized spacial score (nSPS) is 21.7. The monoisotopic (exact) mass is 452 g/mol. The van der Waals surface area contributed by atoms with Crippen LogP contribution in [0.3, 0.4) is 0 Å². The Hall–Kier alpha value is -3.33. The van der Waals surface area contributed by atoms with Gasteiger partial charge in [0.25, 0.3) is 0 Å². The topological polar surface area (TPSA) is 85.4 Å². The average molecular weight is 453 g/mol. The van der Waals surface area contributed by atoms with Crippen molar-refractivity contribution in [2.75, 3.05) is 0 Å². The summed E-state index contributed by atoms with van der Waals surface area (Å²) < 4.78 is 17.4. The number of imide groups is 1. The predicted molar refractivity (Wildman–Crippen MR) is 114 cm³/mol. The van der Waals surface area contributed by atoms with Crippen molar-refractivity contribution in [3.05, 3.63) is 47.3 Å². The van der Waals surface area contributed by atoms with Crippen LogP contribution < -0.4 is 0 Å². The fourth-order valence-corrected chi connectivity index (χ4v) is 5.36. The second kappa shape index (κ2) is 6.13. The van der Waals surface area contributed by atoms with Crippen molar-refractivity contribution in [2.24, 2.45) is 24.3 Å². The molecule has 4 heterocycles. The van der Waals surface area contributed by atoms with Crippen LogP contribution >= 0.6 is 11.6 Å². The molecule has 0 radical (unpaired) electrons. The highest BCUT2D eigenvalue weighted by Crippen LogP contribution is 2.63. The minimum absolute atomic E-state index is 0.117. The number of aryl methyl sites for hydroxylation is 1. The fraction of sp³-hybridized carbons (Fsp3) is 0.318. The number of hydrogen-bond acceptors (Lipinski definition) is 5. The third-order valence-corrected chi connectivity index (χ3v) is 7.03. The molecule has 2 atom stereocenters. The zero-order chi connectivity index (χ0) is 22.5. The lowest BCUT2D eigenvalue weighted by Crippen LogP contribution is -2.35. The van der Waals surface area contributed by atoms with E-state index in [1.165, 1.54) is 22.0 Å². The van der Waals surface area contributed by atoms with E-state index in [0.717, 1.165) is 5.56 Å². The Kier molecular flexibility index (Phi) is 3.71. The number of carbonyl (C=O) groups is 2. The van der Waals surface area contributed by atoms with Gasteiger partial charge in [-0.3, -0.25) is 19.2 Å². The molecule has 3 aromatic heterocycles. The van der Waals surface area contributed by atoms with Crippen LogP contribution in [0.1, 0.15) is 19.4 Å². The molecule has 32 heavy (non-hydrogen) atoms. The summed E-state index contributed by atoms with van der Waals surface area (Å²) in [6.07, 6.45) is 3.16. The van der Waals surface area contributed by atoms with Crippen LogP contribution in [0.4, 0.5) is 4.39 Å². The first-order valence-corrected chi connectivity index (χ1v) is 10.6. The molecule has 8 nitrogen and oxygen atoms in total. The van der Waals surface area contributed by atoms with Gasteiger partial charge in [-0.2, -0.15) is 9.49 Å². The number of carbonyl (C=O) groups excluding carboxylic acids is 2. The van der Waals surface area contributed by atoms with Crippen molar-refractivity contribution in [1.29, 1.82) is 0 Å². The van der Waals surface area contributed by atoms with Gasteiger partial charge in [0.1, 0.15) is 12.0 Å². The molecule has 1 saturated carbocycles. The lowest BCUT2D eigenvalue weighted by Gasteiger charge is -2.19. The third-order valence-electron chi connectivity index (χ3n) is 6.81. The van der Waals surface area contributed by atoms with Crippen molar-refractivity contribution >= 4 is 39.8 Å². The summed E-state index contributed by atoms with van der Waals surface area (Å²) in [5.41, 5.74) is 2.87. The number of fused-ring (bicyclic) bond motifs is 3. The summed E-state index contributed by atoms with van der Waals surface area (Å²) >= 11 is 6.26. The van der Waals surface area contributed by atoms with Crippen molar-refractivity contribution in [3.63, 3.8) is 0 Å². The molecule has 2 aliphatic rings. The quantitative estimate of drug-likeness (QED) is 0.445. The smallest absolute Gasteiger partial charge is 0.240 e. The van der Waals surface area contributed by atoms with E-state index in [1.54, 1.807) is 23.8 Å².